The molecule has 198 valence electrons. The summed E-state index contributed by atoms with van der Waals surface area (Å²) in [6, 6.07) is 3.82. The van der Waals surface area contributed by atoms with Gasteiger partial charge >= 0.3 is 0 Å². The van der Waals surface area contributed by atoms with Gasteiger partial charge < -0.3 is 10.0 Å². The molecule has 2 N–H and O–H groups in total. The topological polar surface area (TPSA) is 136 Å². The zero-order valence-corrected chi connectivity index (χ0v) is 21.1. The molecule has 11 nitrogen and oxygen atoms in total. The fourth-order valence-corrected chi connectivity index (χ4v) is 5.90. The number of hydrogen-bond acceptors (Lipinski definition) is 9. The van der Waals surface area contributed by atoms with Crippen LogP contribution in [0.5, 0.6) is 0 Å². The number of aliphatic hydroxyl groups is 1. The molecule has 38 heavy (non-hydrogen) atoms. The molecule has 4 aliphatic heterocycles. The number of nitrogens with zero attached hydrogens (tertiary/aromatic N) is 5. The molecule has 0 radical (unpaired) electrons. The number of carbonyl (C=O) groups excluding carboxylic acids is 4. The molecule has 3 fully saturated rings. The van der Waals surface area contributed by atoms with Crippen LogP contribution in [0.25, 0.3) is 0 Å². The Bertz CT molecular complexity index is 1300. The summed E-state index contributed by atoms with van der Waals surface area (Å²) in [5, 5.41) is 13.7. The standard InChI is InChI=1S/C27H30N6O5/c34-22-6-5-21(23(35)30-22)33-24(36)19-4-3-18(13-20(19)25(33)37)27(38)7-11-31(12-8-27)16-17-14-28-26(29-15-17)32-9-1-2-10-32/h3-4,13-15,21,38H,1-2,5-12,16H2,(H,30,34,35). The second-order valence-corrected chi connectivity index (χ2v) is 10.6. The highest BCUT2D eigenvalue weighted by molar-refractivity contribution is 6.23. The zero-order valence-electron chi connectivity index (χ0n) is 21.1. The minimum Gasteiger partial charge on any atom is -0.385 e. The lowest BCUT2D eigenvalue weighted by molar-refractivity contribution is -0.136. The van der Waals surface area contributed by atoms with Crippen molar-refractivity contribution in [3.63, 3.8) is 0 Å². The third kappa shape index (κ3) is 4.35. The van der Waals surface area contributed by atoms with Gasteiger partial charge in [-0.2, -0.15) is 0 Å². The lowest BCUT2D eigenvalue weighted by Gasteiger charge is -2.38. The summed E-state index contributed by atoms with van der Waals surface area (Å²) in [5.41, 5.74) is 0.867. The van der Waals surface area contributed by atoms with E-state index in [1.807, 2.05) is 12.4 Å². The lowest BCUT2D eigenvalue weighted by atomic mass is 9.83. The van der Waals surface area contributed by atoms with E-state index in [9.17, 15) is 24.3 Å². The van der Waals surface area contributed by atoms with Gasteiger partial charge in [-0.1, -0.05) is 6.07 Å². The highest BCUT2D eigenvalue weighted by Gasteiger charge is 2.45. The molecule has 0 bridgehead atoms. The van der Waals surface area contributed by atoms with Crippen LogP contribution in [0.4, 0.5) is 5.95 Å². The average molecular weight is 519 g/mol. The summed E-state index contributed by atoms with van der Waals surface area (Å²) in [6.45, 7) is 3.99. The molecular formula is C27H30N6O5. The van der Waals surface area contributed by atoms with E-state index in [2.05, 4.69) is 25.1 Å². The Hall–Kier alpha value is -3.70. The van der Waals surface area contributed by atoms with Crippen molar-refractivity contribution < 1.29 is 24.3 Å². The smallest absolute Gasteiger partial charge is 0.262 e. The molecule has 11 heteroatoms. The molecule has 1 atom stereocenters. The van der Waals surface area contributed by atoms with Gasteiger partial charge in [0.25, 0.3) is 11.8 Å². The number of nitrogens with one attached hydrogen (secondary N) is 1. The number of anilines is 1. The summed E-state index contributed by atoms with van der Waals surface area (Å²) >= 11 is 0. The second kappa shape index (κ2) is 9.55. The van der Waals surface area contributed by atoms with Crippen molar-refractivity contribution in [1.29, 1.82) is 0 Å². The van der Waals surface area contributed by atoms with Gasteiger partial charge in [0.15, 0.2) is 0 Å². The quantitative estimate of drug-likeness (QED) is 0.555. The van der Waals surface area contributed by atoms with Gasteiger partial charge in [-0.3, -0.25) is 34.3 Å². The lowest BCUT2D eigenvalue weighted by Crippen LogP contribution is -2.54. The number of benzene rings is 1. The number of hydrogen-bond donors (Lipinski definition) is 2. The molecule has 6 rings (SSSR count). The summed E-state index contributed by atoms with van der Waals surface area (Å²) < 4.78 is 0. The first kappa shape index (κ1) is 24.6. The Kier molecular flexibility index (Phi) is 6.19. The Morgan fingerprint density at radius 1 is 0.947 bits per heavy atom. The largest absolute Gasteiger partial charge is 0.385 e. The predicted octanol–water partition coefficient (Wildman–Crippen LogP) is 0.962. The van der Waals surface area contributed by atoms with Gasteiger partial charge in [0.1, 0.15) is 6.04 Å². The Balaban J connectivity index is 1.11. The van der Waals surface area contributed by atoms with Crippen LogP contribution in [0.3, 0.4) is 0 Å². The minimum atomic E-state index is -1.13. The van der Waals surface area contributed by atoms with E-state index in [-0.39, 0.29) is 24.0 Å². The number of piperidine rings is 2. The van der Waals surface area contributed by atoms with Gasteiger partial charge in [0, 0.05) is 57.1 Å². The summed E-state index contributed by atoms with van der Waals surface area (Å²) in [5.74, 6) is -1.39. The predicted molar refractivity (Wildman–Crippen MR) is 135 cm³/mol. The van der Waals surface area contributed by atoms with Crippen molar-refractivity contribution in [3.8, 4) is 0 Å². The van der Waals surface area contributed by atoms with Crippen molar-refractivity contribution in [2.45, 2.75) is 56.7 Å². The van der Waals surface area contributed by atoms with Gasteiger partial charge in [0.2, 0.25) is 17.8 Å². The normalized spacial score (nSPS) is 23.7. The van der Waals surface area contributed by atoms with Gasteiger partial charge in [0.05, 0.1) is 16.7 Å². The van der Waals surface area contributed by atoms with Crippen molar-refractivity contribution in [2.24, 2.45) is 0 Å². The van der Waals surface area contributed by atoms with E-state index >= 15 is 0 Å². The van der Waals surface area contributed by atoms with Crippen LogP contribution >= 0.6 is 0 Å². The molecule has 2 aromatic rings. The van der Waals surface area contributed by atoms with E-state index in [0.29, 0.717) is 38.0 Å². The van der Waals surface area contributed by atoms with Crippen molar-refractivity contribution >= 4 is 29.6 Å². The van der Waals surface area contributed by atoms with Gasteiger partial charge in [-0.25, -0.2) is 9.97 Å². The molecule has 0 aliphatic carbocycles. The fourth-order valence-electron chi connectivity index (χ4n) is 5.90. The highest BCUT2D eigenvalue weighted by Crippen LogP contribution is 2.36. The van der Waals surface area contributed by atoms with Crippen LogP contribution in [0.1, 0.15) is 70.4 Å². The molecular weight excluding hydrogens is 488 g/mol. The monoisotopic (exact) mass is 518 g/mol. The molecule has 3 saturated heterocycles. The fraction of sp³-hybridized carbons (Fsp3) is 0.481. The Morgan fingerprint density at radius 3 is 2.32 bits per heavy atom. The third-order valence-electron chi connectivity index (χ3n) is 8.15. The SMILES string of the molecule is O=C1CCC(N2C(=O)c3ccc(C4(O)CCN(Cc5cnc(N6CCCC6)nc5)CC4)cc3C2=O)C(=O)N1. The van der Waals surface area contributed by atoms with E-state index in [1.165, 1.54) is 12.8 Å². The summed E-state index contributed by atoms with van der Waals surface area (Å²) in [4.78, 5) is 64.4. The Labute approximate surface area is 219 Å². The van der Waals surface area contributed by atoms with Crippen LogP contribution in [-0.4, -0.2) is 80.7 Å². The number of imide groups is 2. The number of amides is 4. The first-order valence-electron chi connectivity index (χ1n) is 13.2. The van der Waals surface area contributed by atoms with Gasteiger partial charge in [-0.05, 0) is 49.8 Å². The van der Waals surface area contributed by atoms with Crippen molar-refractivity contribution in [3.05, 3.63) is 52.8 Å². The number of carbonyl (C=O) groups is 4. The van der Waals surface area contributed by atoms with Gasteiger partial charge in [-0.15, -0.1) is 0 Å². The molecule has 0 spiro atoms. The molecule has 1 unspecified atom stereocenters. The number of fused-ring (bicyclic) bond motifs is 1. The molecule has 4 amide bonds. The zero-order chi connectivity index (χ0) is 26.4. The minimum absolute atomic E-state index is 0.0695. The maximum Gasteiger partial charge on any atom is 0.262 e. The maximum absolute atomic E-state index is 13.2. The summed E-state index contributed by atoms with van der Waals surface area (Å²) in [7, 11) is 0. The summed E-state index contributed by atoms with van der Waals surface area (Å²) in [6.07, 6.45) is 7.21. The molecule has 5 heterocycles. The van der Waals surface area contributed by atoms with E-state index in [0.717, 1.165) is 29.5 Å². The maximum atomic E-state index is 13.2. The van der Waals surface area contributed by atoms with Crippen molar-refractivity contribution in [2.75, 3.05) is 31.1 Å². The first-order valence-corrected chi connectivity index (χ1v) is 13.2. The van der Waals surface area contributed by atoms with Crippen LogP contribution in [0.2, 0.25) is 0 Å². The van der Waals surface area contributed by atoms with Crippen LogP contribution < -0.4 is 10.2 Å². The van der Waals surface area contributed by atoms with Crippen LogP contribution in [0, 0.1) is 0 Å². The van der Waals surface area contributed by atoms with Crippen LogP contribution in [0.15, 0.2) is 30.6 Å². The number of likely N-dealkylation sites (tertiary alicyclic amines) is 1. The Morgan fingerprint density at radius 2 is 1.63 bits per heavy atom. The highest BCUT2D eigenvalue weighted by atomic mass is 16.3. The third-order valence-corrected chi connectivity index (χ3v) is 8.15. The van der Waals surface area contributed by atoms with E-state index in [1.54, 1.807) is 18.2 Å². The van der Waals surface area contributed by atoms with Crippen LogP contribution in [-0.2, 0) is 21.7 Å². The second-order valence-electron chi connectivity index (χ2n) is 10.6. The molecule has 1 aromatic heterocycles. The van der Waals surface area contributed by atoms with E-state index < -0.39 is 35.3 Å². The molecule has 0 saturated carbocycles. The average Bonchev–Trinajstić information content (AvgIpc) is 3.54. The number of aromatic nitrogens is 2. The van der Waals surface area contributed by atoms with Crippen molar-refractivity contribution in [1.82, 2.24) is 25.1 Å². The molecule has 4 aliphatic rings. The first-order chi connectivity index (χ1) is 18.3. The molecule has 1 aromatic carbocycles. The number of rotatable bonds is 5. The van der Waals surface area contributed by atoms with E-state index in [4.69, 9.17) is 0 Å².